The van der Waals surface area contributed by atoms with E-state index in [0.29, 0.717) is 6.54 Å². The Balaban J connectivity index is 1.66. The highest BCUT2D eigenvalue weighted by Crippen LogP contribution is 2.34. The molecule has 110 valence electrons. The van der Waals surface area contributed by atoms with Gasteiger partial charge in [-0.15, -0.1) is 0 Å². The molecule has 2 aromatic rings. The van der Waals surface area contributed by atoms with Gasteiger partial charge < -0.3 is 19.9 Å². The maximum atomic E-state index is 13.3. The van der Waals surface area contributed by atoms with Gasteiger partial charge in [-0.2, -0.15) is 0 Å². The van der Waals surface area contributed by atoms with Gasteiger partial charge in [-0.05, 0) is 42.3 Å². The Kier molecular flexibility index (Phi) is 3.66. The van der Waals surface area contributed by atoms with Crippen LogP contribution in [-0.2, 0) is 6.54 Å². The van der Waals surface area contributed by atoms with Crippen molar-refractivity contribution in [3.05, 3.63) is 53.3 Å². The first-order valence-electron chi connectivity index (χ1n) is 6.74. The minimum absolute atomic E-state index is 0.0800. The number of hydrogen-bond donors (Lipinski definition) is 2. The van der Waals surface area contributed by atoms with Gasteiger partial charge >= 0.3 is 0 Å². The Morgan fingerprint density at radius 1 is 1.19 bits per heavy atom. The van der Waals surface area contributed by atoms with Gasteiger partial charge in [0, 0.05) is 12.6 Å². The zero-order valence-corrected chi connectivity index (χ0v) is 11.6. The largest absolute Gasteiger partial charge is 0.505 e. The second-order valence-corrected chi connectivity index (χ2v) is 5.00. The second kappa shape index (κ2) is 5.61. The highest BCUT2D eigenvalue weighted by Gasteiger charge is 2.15. The summed E-state index contributed by atoms with van der Waals surface area (Å²) in [5.74, 6) is 0.566. The summed E-state index contributed by atoms with van der Waals surface area (Å²) in [6.45, 7) is 2.79. The zero-order valence-electron chi connectivity index (χ0n) is 11.6. The predicted molar refractivity (Wildman–Crippen MR) is 75.9 cm³/mol. The van der Waals surface area contributed by atoms with Crippen LogP contribution in [0.5, 0.6) is 17.2 Å². The molecule has 0 bridgehead atoms. The Bertz CT molecular complexity index is 660. The summed E-state index contributed by atoms with van der Waals surface area (Å²) in [4.78, 5) is 0. The van der Waals surface area contributed by atoms with E-state index in [1.807, 2.05) is 25.1 Å². The van der Waals surface area contributed by atoms with Gasteiger partial charge in [-0.1, -0.05) is 12.1 Å². The van der Waals surface area contributed by atoms with E-state index in [1.165, 1.54) is 12.1 Å². The quantitative estimate of drug-likeness (QED) is 0.908. The molecule has 4 nitrogen and oxygen atoms in total. The van der Waals surface area contributed by atoms with E-state index in [1.54, 1.807) is 6.07 Å². The van der Waals surface area contributed by atoms with Crippen LogP contribution >= 0.6 is 0 Å². The van der Waals surface area contributed by atoms with Crippen LogP contribution in [-0.4, -0.2) is 11.9 Å². The summed E-state index contributed by atoms with van der Waals surface area (Å²) in [5, 5.41) is 12.5. The van der Waals surface area contributed by atoms with Crippen molar-refractivity contribution in [2.24, 2.45) is 0 Å². The maximum absolute atomic E-state index is 13.3. The van der Waals surface area contributed by atoms with Crippen LogP contribution in [0.25, 0.3) is 0 Å². The van der Waals surface area contributed by atoms with Crippen LogP contribution in [0.4, 0.5) is 4.39 Å². The molecule has 0 amide bonds. The van der Waals surface area contributed by atoms with Crippen molar-refractivity contribution in [3.8, 4) is 17.2 Å². The number of phenolic OH excluding ortho intramolecular Hbond substituents is 1. The van der Waals surface area contributed by atoms with Crippen molar-refractivity contribution in [3.63, 3.8) is 0 Å². The molecule has 0 saturated heterocycles. The standard InChI is InChI=1S/C16H16FNO3/c1-10(12-3-5-15-16(7-12)21-9-20-15)18-8-11-2-4-14(19)13(17)6-11/h2-7,10,18-19H,8-9H2,1H3. The lowest BCUT2D eigenvalue weighted by molar-refractivity contribution is 0.174. The molecule has 2 N–H and O–H groups in total. The molecule has 5 heteroatoms. The van der Waals surface area contributed by atoms with Gasteiger partial charge in [0.2, 0.25) is 6.79 Å². The van der Waals surface area contributed by atoms with Gasteiger partial charge in [-0.25, -0.2) is 4.39 Å². The molecule has 0 spiro atoms. The van der Waals surface area contributed by atoms with Crippen molar-refractivity contribution in [1.29, 1.82) is 0 Å². The third-order valence-electron chi connectivity index (χ3n) is 3.52. The fourth-order valence-electron chi connectivity index (χ4n) is 2.23. The first kappa shape index (κ1) is 13.7. The average Bonchev–Trinajstić information content (AvgIpc) is 2.95. The fraction of sp³-hybridized carbons (Fsp3) is 0.250. The van der Waals surface area contributed by atoms with Crippen LogP contribution in [0.2, 0.25) is 0 Å². The van der Waals surface area contributed by atoms with Crippen LogP contribution in [0, 0.1) is 5.82 Å². The number of phenols is 1. The molecule has 1 aliphatic rings. The summed E-state index contributed by atoms with van der Waals surface area (Å²) in [7, 11) is 0. The smallest absolute Gasteiger partial charge is 0.231 e. The lowest BCUT2D eigenvalue weighted by atomic mass is 10.1. The Labute approximate surface area is 122 Å². The van der Waals surface area contributed by atoms with Crippen molar-refractivity contribution < 1.29 is 19.0 Å². The summed E-state index contributed by atoms with van der Waals surface area (Å²) in [6, 6.07) is 10.3. The number of ether oxygens (including phenoxy) is 2. The van der Waals surface area contributed by atoms with Gasteiger partial charge in [0.1, 0.15) is 0 Å². The van der Waals surface area contributed by atoms with Crippen LogP contribution in [0.15, 0.2) is 36.4 Å². The molecule has 1 unspecified atom stereocenters. The van der Waals surface area contributed by atoms with Gasteiger partial charge in [0.15, 0.2) is 23.1 Å². The molecule has 21 heavy (non-hydrogen) atoms. The van der Waals surface area contributed by atoms with E-state index in [9.17, 15) is 4.39 Å². The molecule has 1 heterocycles. The fourth-order valence-corrected chi connectivity index (χ4v) is 2.23. The summed E-state index contributed by atoms with van der Waals surface area (Å²) in [5.41, 5.74) is 1.84. The Hall–Kier alpha value is -2.27. The van der Waals surface area contributed by atoms with Gasteiger partial charge in [-0.3, -0.25) is 0 Å². The van der Waals surface area contributed by atoms with Crippen LogP contribution in [0.3, 0.4) is 0 Å². The number of benzene rings is 2. The highest BCUT2D eigenvalue weighted by molar-refractivity contribution is 5.45. The monoisotopic (exact) mass is 289 g/mol. The minimum atomic E-state index is -0.606. The number of rotatable bonds is 4. The SMILES string of the molecule is CC(NCc1ccc(O)c(F)c1)c1ccc2c(c1)OCO2. The third-order valence-corrected chi connectivity index (χ3v) is 3.52. The van der Waals surface area contributed by atoms with Gasteiger partial charge in [0.25, 0.3) is 0 Å². The normalized spacial score (nSPS) is 14.2. The molecule has 3 rings (SSSR count). The first-order chi connectivity index (χ1) is 10.1. The summed E-state index contributed by atoms with van der Waals surface area (Å²) >= 11 is 0. The lowest BCUT2D eigenvalue weighted by Crippen LogP contribution is -2.18. The van der Waals surface area contributed by atoms with E-state index in [2.05, 4.69) is 5.32 Å². The molecular formula is C16H16FNO3. The van der Waals surface area contributed by atoms with E-state index in [4.69, 9.17) is 14.6 Å². The number of aromatic hydroxyl groups is 1. The van der Waals surface area contributed by atoms with Crippen molar-refractivity contribution in [2.45, 2.75) is 19.5 Å². The number of hydrogen-bond acceptors (Lipinski definition) is 4. The van der Waals surface area contributed by atoms with Crippen molar-refractivity contribution >= 4 is 0 Å². The molecule has 0 fully saturated rings. The summed E-state index contributed by atoms with van der Waals surface area (Å²) in [6.07, 6.45) is 0. The maximum Gasteiger partial charge on any atom is 0.231 e. The molecule has 2 aromatic carbocycles. The number of nitrogens with one attached hydrogen (secondary N) is 1. The molecule has 0 aromatic heterocycles. The first-order valence-corrected chi connectivity index (χ1v) is 6.74. The molecule has 0 radical (unpaired) electrons. The van der Waals surface area contributed by atoms with E-state index >= 15 is 0 Å². The summed E-state index contributed by atoms with van der Waals surface area (Å²) < 4.78 is 23.9. The molecule has 0 aliphatic carbocycles. The lowest BCUT2D eigenvalue weighted by Gasteiger charge is -2.15. The molecule has 1 atom stereocenters. The van der Waals surface area contributed by atoms with E-state index in [-0.39, 0.29) is 18.6 Å². The molecule has 1 aliphatic heterocycles. The van der Waals surface area contributed by atoms with Crippen LogP contribution < -0.4 is 14.8 Å². The predicted octanol–water partition coefficient (Wildman–Crippen LogP) is 3.11. The average molecular weight is 289 g/mol. The van der Waals surface area contributed by atoms with E-state index < -0.39 is 5.82 Å². The molecular weight excluding hydrogens is 273 g/mol. The van der Waals surface area contributed by atoms with Crippen molar-refractivity contribution in [2.75, 3.05) is 6.79 Å². The van der Waals surface area contributed by atoms with E-state index in [0.717, 1.165) is 22.6 Å². The second-order valence-electron chi connectivity index (χ2n) is 5.00. The highest BCUT2D eigenvalue weighted by atomic mass is 19.1. The Morgan fingerprint density at radius 2 is 2.00 bits per heavy atom. The topological polar surface area (TPSA) is 50.7 Å². The van der Waals surface area contributed by atoms with Gasteiger partial charge in [0.05, 0.1) is 0 Å². The Morgan fingerprint density at radius 3 is 2.81 bits per heavy atom. The number of fused-ring (bicyclic) bond motifs is 1. The van der Waals surface area contributed by atoms with Crippen LogP contribution in [0.1, 0.15) is 24.1 Å². The minimum Gasteiger partial charge on any atom is -0.505 e. The third kappa shape index (κ3) is 2.92. The molecule has 0 saturated carbocycles. The van der Waals surface area contributed by atoms with Crippen molar-refractivity contribution in [1.82, 2.24) is 5.32 Å². The number of halogens is 1. The zero-order chi connectivity index (χ0) is 14.8.